The van der Waals surface area contributed by atoms with E-state index in [0.29, 0.717) is 5.92 Å². The second-order valence-electron chi connectivity index (χ2n) is 5.99. The molecule has 1 atom stereocenters. The highest BCUT2D eigenvalue weighted by molar-refractivity contribution is 6.22. The van der Waals surface area contributed by atoms with Crippen molar-refractivity contribution in [1.29, 1.82) is 0 Å². The molecule has 0 aromatic heterocycles. The summed E-state index contributed by atoms with van der Waals surface area (Å²) in [5.41, 5.74) is 6.35. The SMILES string of the molecule is Cc1cccc(C(Cl)c2ccc(CC(C)C)cc2)c1C. The molecule has 0 aliphatic rings. The summed E-state index contributed by atoms with van der Waals surface area (Å²) in [4.78, 5) is 0. The van der Waals surface area contributed by atoms with Gasteiger partial charge in [-0.1, -0.05) is 56.3 Å². The van der Waals surface area contributed by atoms with Gasteiger partial charge in [-0.2, -0.15) is 0 Å². The third-order valence-corrected chi connectivity index (χ3v) is 4.32. The van der Waals surface area contributed by atoms with Crippen molar-refractivity contribution >= 4 is 11.6 Å². The summed E-state index contributed by atoms with van der Waals surface area (Å²) in [6.45, 7) is 8.77. The predicted molar refractivity (Wildman–Crippen MR) is 88.6 cm³/mol. The van der Waals surface area contributed by atoms with Crippen molar-refractivity contribution in [2.24, 2.45) is 5.92 Å². The molecule has 0 radical (unpaired) electrons. The highest BCUT2D eigenvalue weighted by Crippen LogP contribution is 2.32. The van der Waals surface area contributed by atoms with Crippen LogP contribution in [-0.2, 0) is 6.42 Å². The summed E-state index contributed by atoms with van der Waals surface area (Å²) in [6.07, 6.45) is 1.12. The topological polar surface area (TPSA) is 0 Å². The maximum absolute atomic E-state index is 6.67. The summed E-state index contributed by atoms with van der Waals surface area (Å²) in [7, 11) is 0. The molecule has 0 N–H and O–H groups in total. The zero-order chi connectivity index (χ0) is 14.7. The second kappa shape index (κ2) is 6.45. The van der Waals surface area contributed by atoms with Gasteiger partial charge in [0.05, 0.1) is 5.38 Å². The minimum atomic E-state index is -0.0667. The Balaban J connectivity index is 2.25. The van der Waals surface area contributed by atoms with Crippen LogP contribution in [0.1, 0.15) is 47.0 Å². The van der Waals surface area contributed by atoms with Crippen LogP contribution in [0, 0.1) is 19.8 Å². The largest absolute Gasteiger partial charge is 0.113 e. The van der Waals surface area contributed by atoms with E-state index >= 15 is 0 Å². The smallest absolute Gasteiger partial charge is 0.0838 e. The predicted octanol–water partition coefficient (Wildman–Crippen LogP) is 5.83. The van der Waals surface area contributed by atoms with E-state index in [4.69, 9.17) is 11.6 Å². The van der Waals surface area contributed by atoms with E-state index < -0.39 is 0 Å². The van der Waals surface area contributed by atoms with Crippen LogP contribution >= 0.6 is 11.6 Å². The average molecular weight is 287 g/mol. The summed E-state index contributed by atoms with van der Waals surface area (Å²) in [6, 6.07) is 15.1. The Morgan fingerprint density at radius 2 is 1.60 bits per heavy atom. The molecule has 0 saturated heterocycles. The van der Waals surface area contributed by atoms with Crippen molar-refractivity contribution in [3.63, 3.8) is 0 Å². The Labute approximate surface area is 127 Å². The molecule has 2 aromatic carbocycles. The molecule has 0 aliphatic heterocycles. The van der Waals surface area contributed by atoms with Gasteiger partial charge in [-0.25, -0.2) is 0 Å². The van der Waals surface area contributed by atoms with Gasteiger partial charge < -0.3 is 0 Å². The van der Waals surface area contributed by atoms with E-state index in [1.165, 1.54) is 27.8 Å². The molecular weight excluding hydrogens is 264 g/mol. The molecule has 0 fully saturated rings. The fourth-order valence-electron chi connectivity index (χ4n) is 2.52. The minimum absolute atomic E-state index is 0.0667. The standard InChI is InChI=1S/C19H23Cl/c1-13(2)12-16-8-10-17(11-9-16)19(20)18-7-5-6-14(3)15(18)4/h5-11,13,19H,12H2,1-4H3. The third kappa shape index (κ3) is 3.43. The van der Waals surface area contributed by atoms with Gasteiger partial charge in [-0.15, -0.1) is 11.6 Å². The Hall–Kier alpha value is -1.27. The second-order valence-corrected chi connectivity index (χ2v) is 6.43. The molecule has 1 unspecified atom stereocenters. The molecule has 0 heterocycles. The molecular formula is C19H23Cl. The van der Waals surface area contributed by atoms with E-state index in [9.17, 15) is 0 Å². The number of halogens is 1. The molecule has 106 valence electrons. The van der Waals surface area contributed by atoms with E-state index in [1.807, 2.05) is 0 Å². The van der Waals surface area contributed by atoms with Gasteiger partial charge in [0.15, 0.2) is 0 Å². The first-order chi connectivity index (χ1) is 9.49. The van der Waals surface area contributed by atoms with Crippen molar-refractivity contribution in [3.05, 3.63) is 70.3 Å². The highest BCUT2D eigenvalue weighted by Gasteiger charge is 2.14. The summed E-state index contributed by atoms with van der Waals surface area (Å²) in [5.74, 6) is 0.687. The molecule has 0 amide bonds. The first-order valence-electron chi connectivity index (χ1n) is 7.28. The molecule has 20 heavy (non-hydrogen) atoms. The number of aryl methyl sites for hydroxylation is 1. The van der Waals surface area contributed by atoms with Gasteiger partial charge in [0.1, 0.15) is 0 Å². The Bertz CT molecular complexity index is 567. The van der Waals surface area contributed by atoms with Crippen LogP contribution in [0.2, 0.25) is 0 Å². The van der Waals surface area contributed by atoms with Crippen LogP contribution in [-0.4, -0.2) is 0 Å². The van der Waals surface area contributed by atoms with Crippen LogP contribution in [0.15, 0.2) is 42.5 Å². The zero-order valence-electron chi connectivity index (χ0n) is 12.8. The maximum atomic E-state index is 6.67. The molecule has 1 heteroatoms. The average Bonchev–Trinajstić information content (AvgIpc) is 2.41. The molecule has 0 bridgehead atoms. The molecule has 0 spiro atoms. The molecule has 0 aliphatic carbocycles. The van der Waals surface area contributed by atoms with Crippen LogP contribution in [0.25, 0.3) is 0 Å². The van der Waals surface area contributed by atoms with Crippen LogP contribution in [0.3, 0.4) is 0 Å². The number of benzene rings is 2. The van der Waals surface area contributed by atoms with E-state index in [2.05, 4.69) is 70.2 Å². The van der Waals surface area contributed by atoms with E-state index in [1.54, 1.807) is 0 Å². The number of hydrogen-bond acceptors (Lipinski definition) is 0. The lowest BCUT2D eigenvalue weighted by molar-refractivity contribution is 0.647. The van der Waals surface area contributed by atoms with Gasteiger partial charge in [0.25, 0.3) is 0 Å². The van der Waals surface area contributed by atoms with Crippen molar-refractivity contribution in [3.8, 4) is 0 Å². The van der Waals surface area contributed by atoms with Crippen molar-refractivity contribution < 1.29 is 0 Å². The van der Waals surface area contributed by atoms with Gasteiger partial charge >= 0.3 is 0 Å². The summed E-state index contributed by atoms with van der Waals surface area (Å²) >= 11 is 6.67. The Morgan fingerprint density at radius 3 is 2.20 bits per heavy atom. The van der Waals surface area contributed by atoms with Crippen molar-refractivity contribution in [1.82, 2.24) is 0 Å². The lowest BCUT2D eigenvalue weighted by Crippen LogP contribution is -1.99. The Kier molecular flexibility index (Phi) is 4.88. The fraction of sp³-hybridized carbons (Fsp3) is 0.368. The quantitative estimate of drug-likeness (QED) is 0.620. The van der Waals surface area contributed by atoms with E-state index in [0.717, 1.165) is 6.42 Å². The van der Waals surface area contributed by atoms with Crippen molar-refractivity contribution in [2.75, 3.05) is 0 Å². The van der Waals surface area contributed by atoms with Gasteiger partial charge in [0.2, 0.25) is 0 Å². The summed E-state index contributed by atoms with van der Waals surface area (Å²) < 4.78 is 0. The third-order valence-electron chi connectivity index (χ3n) is 3.84. The van der Waals surface area contributed by atoms with E-state index in [-0.39, 0.29) is 5.38 Å². The fourth-order valence-corrected chi connectivity index (χ4v) is 2.90. The number of hydrogen-bond donors (Lipinski definition) is 0. The molecule has 0 nitrogen and oxygen atoms in total. The van der Waals surface area contributed by atoms with Crippen molar-refractivity contribution in [2.45, 2.75) is 39.5 Å². The zero-order valence-corrected chi connectivity index (χ0v) is 13.5. The number of rotatable bonds is 4. The monoisotopic (exact) mass is 286 g/mol. The van der Waals surface area contributed by atoms with Crippen LogP contribution in [0.5, 0.6) is 0 Å². The number of alkyl halides is 1. The van der Waals surface area contributed by atoms with Crippen LogP contribution < -0.4 is 0 Å². The maximum Gasteiger partial charge on any atom is 0.0838 e. The molecule has 2 aromatic rings. The lowest BCUT2D eigenvalue weighted by atomic mass is 9.95. The molecule has 2 rings (SSSR count). The first kappa shape index (κ1) is 15.1. The minimum Gasteiger partial charge on any atom is -0.113 e. The first-order valence-corrected chi connectivity index (χ1v) is 7.71. The highest BCUT2D eigenvalue weighted by atomic mass is 35.5. The summed E-state index contributed by atoms with van der Waals surface area (Å²) in [5, 5.41) is -0.0667. The van der Waals surface area contributed by atoms with Gasteiger partial charge in [-0.3, -0.25) is 0 Å². The van der Waals surface area contributed by atoms with Crippen LogP contribution in [0.4, 0.5) is 0 Å². The molecule has 0 saturated carbocycles. The van der Waals surface area contributed by atoms with Gasteiger partial charge in [-0.05, 0) is 54.0 Å². The van der Waals surface area contributed by atoms with Gasteiger partial charge in [0, 0.05) is 0 Å². The Morgan fingerprint density at radius 1 is 0.950 bits per heavy atom. The lowest BCUT2D eigenvalue weighted by Gasteiger charge is -2.15. The normalized spacial score (nSPS) is 12.7.